The lowest BCUT2D eigenvalue weighted by Gasteiger charge is -2.02. The number of benzene rings is 2. The fraction of sp³-hybridized carbons (Fsp3) is 0.111. The zero-order chi connectivity index (χ0) is 15.8. The summed E-state index contributed by atoms with van der Waals surface area (Å²) in [6, 6.07) is 16.6. The van der Waals surface area contributed by atoms with Crippen LogP contribution in [0.5, 0.6) is 0 Å². The molecule has 0 bridgehead atoms. The van der Waals surface area contributed by atoms with Crippen LogP contribution in [0.25, 0.3) is 6.08 Å². The van der Waals surface area contributed by atoms with Gasteiger partial charge in [0.25, 0.3) is 5.91 Å². The van der Waals surface area contributed by atoms with Crippen molar-refractivity contribution in [3.05, 3.63) is 76.8 Å². The number of hydrogen-bond acceptors (Lipinski definition) is 2. The van der Waals surface area contributed by atoms with E-state index in [1.165, 1.54) is 0 Å². The highest BCUT2D eigenvalue weighted by Crippen LogP contribution is 2.09. The van der Waals surface area contributed by atoms with Crippen molar-refractivity contribution in [2.24, 2.45) is 5.10 Å². The van der Waals surface area contributed by atoms with Gasteiger partial charge in [0.05, 0.1) is 5.71 Å². The average Bonchev–Trinajstić information content (AvgIpc) is 2.56. The van der Waals surface area contributed by atoms with Gasteiger partial charge < -0.3 is 0 Å². The van der Waals surface area contributed by atoms with E-state index in [4.69, 9.17) is 11.6 Å². The van der Waals surface area contributed by atoms with Gasteiger partial charge in [0.2, 0.25) is 0 Å². The smallest absolute Gasteiger partial charge is 0.267 e. The summed E-state index contributed by atoms with van der Waals surface area (Å²) in [6.45, 7) is 1.99. The van der Waals surface area contributed by atoms with Crippen LogP contribution in [0.2, 0.25) is 5.02 Å². The second-order valence-electron chi connectivity index (χ2n) is 4.65. The number of nitrogens with one attached hydrogen (secondary N) is 1. The lowest BCUT2D eigenvalue weighted by atomic mass is 10.2. The summed E-state index contributed by atoms with van der Waals surface area (Å²) < 4.78 is 0. The SMILES string of the molecule is CCC(/C=C\c1ccccc1)=N\NC(=O)c1ccc(Cl)cc1. The zero-order valence-electron chi connectivity index (χ0n) is 12.3. The van der Waals surface area contributed by atoms with Crippen molar-refractivity contribution in [1.82, 2.24) is 5.43 Å². The highest BCUT2D eigenvalue weighted by molar-refractivity contribution is 6.30. The number of carbonyl (C=O) groups is 1. The second kappa shape index (κ2) is 8.15. The van der Waals surface area contributed by atoms with Crippen molar-refractivity contribution in [2.75, 3.05) is 0 Å². The first kappa shape index (κ1) is 16.0. The van der Waals surface area contributed by atoms with Crippen molar-refractivity contribution in [2.45, 2.75) is 13.3 Å². The van der Waals surface area contributed by atoms with Gasteiger partial charge in [-0.3, -0.25) is 4.79 Å². The van der Waals surface area contributed by atoms with Crippen LogP contribution in [0.1, 0.15) is 29.3 Å². The predicted octanol–water partition coefficient (Wildman–Crippen LogP) is 4.55. The minimum Gasteiger partial charge on any atom is -0.267 e. The Kier molecular flexibility index (Phi) is 5.92. The molecule has 0 aliphatic heterocycles. The van der Waals surface area contributed by atoms with Crippen molar-refractivity contribution in [3.63, 3.8) is 0 Å². The van der Waals surface area contributed by atoms with E-state index in [1.54, 1.807) is 24.3 Å². The summed E-state index contributed by atoms with van der Waals surface area (Å²) in [5, 5.41) is 4.75. The van der Waals surface area contributed by atoms with Crippen LogP contribution in [0.15, 0.2) is 65.8 Å². The molecule has 0 saturated heterocycles. The largest absolute Gasteiger partial charge is 0.271 e. The summed E-state index contributed by atoms with van der Waals surface area (Å²) in [5.74, 6) is -0.254. The molecule has 2 rings (SSSR count). The lowest BCUT2D eigenvalue weighted by molar-refractivity contribution is 0.0955. The summed E-state index contributed by atoms with van der Waals surface area (Å²) >= 11 is 5.80. The van der Waals surface area contributed by atoms with E-state index in [2.05, 4.69) is 10.5 Å². The Hall–Kier alpha value is -2.39. The second-order valence-corrected chi connectivity index (χ2v) is 5.08. The maximum absolute atomic E-state index is 12.0. The first-order valence-electron chi connectivity index (χ1n) is 7.04. The maximum Gasteiger partial charge on any atom is 0.271 e. The molecule has 0 spiro atoms. The monoisotopic (exact) mass is 312 g/mol. The summed E-state index contributed by atoms with van der Waals surface area (Å²) in [5.41, 5.74) is 4.97. The minimum atomic E-state index is -0.254. The normalized spacial score (nSPS) is 11.6. The molecular formula is C18H17ClN2O. The number of carbonyl (C=O) groups excluding carboxylic acids is 1. The molecule has 2 aromatic carbocycles. The molecule has 0 aliphatic rings. The van der Waals surface area contributed by atoms with E-state index in [1.807, 2.05) is 49.4 Å². The standard InChI is InChI=1S/C18H17ClN2O/c1-2-17(13-8-14-6-4-3-5-7-14)20-21-18(22)15-9-11-16(19)12-10-15/h3-13H,2H2,1H3,(H,21,22)/b13-8-,20-17+. The lowest BCUT2D eigenvalue weighted by Crippen LogP contribution is -2.19. The molecule has 0 atom stereocenters. The first-order chi connectivity index (χ1) is 10.7. The molecule has 0 saturated carbocycles. The van der Waals surface area contributed by atoms with Gasteiger partial charge in [0.15, 0.2) is 0 Å². The Morgan fingerprint density at radius 1 is 1.14 bits per heavy atom. The summed E-state index contributed by atoms with van der Waals surface area (Å²) in [4.78, 5) is 12.0. The van der Waals surface area contributed by atoms with Gasteiger partial charge in [-0.25, -0.2) is 5.43 Å². The molecule has 0 radical (unpaired) electrons. The highest BCUT2D eigenvalue weighted by atomic mass is 35.5. The van der Waals surface area contributed by atoms with Crippen LogP contribution < -0.4 is 5.43 Å². The van der Waals surface area contributed by atoms with Crippen molar-refractivity contribution in [1.29, 1.82) is 0 Å². The topological polar surface area (TPSA) is 41.5 Å². The number of hydrazone groups is 1. The predicted molar refractivity (Wildman–Crippen MR) is 92.1 cm³/mol. The molecule has 2 aromatic rings. The summed E-state index contributed by atoms with van der Waals surface area (Å²) in [7, 11) is 0. The van der Waals surface area contributed by atoms with E-state index >= 15 is 0 Å². The van der Waals surface area contributed by atoms with E-state index in [9.17, 15) is 4.79 Å². The molecular weight excluding hydrogens is 296 g/mol. The van der Waals surface area contributed by atoms with E-state index in [0.717, 1.165) is 17.7 Å². The van der Waals surface area contributed by atoms with Gasteiger partial charge in [-0.1, -0.05) is 54.9 Å². The minimum absolute atomic E-state index is 0.254. The van der Waals surface area contributed by atoms with Gasteiger partial charge in [0, 0.05) is 10.6 Å². The third-order valence-electron chi connectivity index (χ3n) is 3.04. The molecule has 0 aromatic heterocycles. The van der Waals surface area contributed by atoms with Crippen LogP contribution in [0.3, 0.4) is 0 Å². The van der Waals surface area contributed by atoms with Crippen LogP contribution in [0, 0.1) is 0 Å². The molecule has 1 amide bonds. The van der Waals surface area contributed by atoms with Gasteiger partial charge in [-0.2, -0.15) is 5.10 Å². The number of rotatable bonds is 5. The van der Waals surface area contributed by atoms with Crippen LogP contribution in [-0.2, 0) is 0 Å². The van der Waals surface area contributed by atoms with Crippen LogP contribution in [0.4, 0.5) is 0 Å². The van der Waals surface area contributed by atoms with Crippen molar-refractivity contribution < 1.29 is 4.79 Å². The van der Waals surface area contributed by atoms with Gasteiger partial charge >= 0.3 is 0 Å². The Bertz CT molecular complexity index is 676. The molecule has 0 unspecified atom stereocenters. The summed E-state index contributed by atoms with van der Waals surface area (Å²) in [6.07, 6.45) is 4.60. The van der Waals surface area contributed by atoms with E-state index in [-0.39, 0.29) is 5.91 Å². The maximum atomic E-state index is 12.0. The van der Waals surface area contributed by atoms with E-state index < -0.39 is 0 Å². The van der Waals surface area contributed by atoms with Crippen LogP contribution in [-0.4, -0.2) is 11.6 Å². The third kappa shape index (κ3) is 4.86. The van der Waals surface area contributed by atoms with Crippen molar-refractivity contribution >= 4 is 29.3 Å². The number of amides is 1. The first-order valence-corrected chi connectivity index (χ1v) is 7.42. The molecule has 4 heteroatoms. The Morgan fingerprint density at radius 2 is 1.82 bits per heavy atom. The van der Waals surface area contributed by atoms with Crippen molar-refractivity contribution in [3.8, 4) is 0 Å². The molecule has 1 N–H and O–H groups in total. The van der Waals surface area contributed by atoms with E-state index in [0.29, 0.717) is 10.6 Å². The average molecular weight is 313 g/mol. The fourth-order valence-electron chi connectivity index (χ4n) is 1.78. The molecule has 22 heavy (non-hydrogen) atoms. The molecule has 3 nitrogen and oxygen atoms in total. The van der Waals surface area contributed by atoms with Crippen LogP contribution >= 0.6 is 11.6 Å². The number of halogens is 1. The molecule has 0 heterocycles. The Labute approximate surface area is 135 Å². The van der Waals surface area contributed by atoms with Gasteiger partial charge in [0.1, 0.15) is 0 Å². The molecule has 0 aliphatic carbocycles. The number of hydrogen-bond donors (Lipinski definition) is 1. The van der Waals surface area contributed by atoms with Gasteiger partial charge in [-0.15, -0.1) is 0 Å². The third-order valence-corrected chi connectivity index (χ3v) is 3.29. The molecule has 112 valence electrons. The molecule has 0 fully saturated rings. The Morgan fingerprint density at radius 3 is 2.45 bits per heavy atom. The quantitative estimate of drug-likeness (QED) is 0.638. The van der Waals surface area contributed by atoms with Gasteiger partial charge in [-0.05, 0) is 42.3 Å². The Balaban J connectivity index is 2.01. The highest BCUT2D eigenvalue weighted by Gasteiger charge is 2.03. The number of nitrogens with zero attached hydrogens (tertiary/aromatic N) is 1. The zero-order valence-corrected chi connectivity index (χ0v) is 13.0. The number of allylic oxidation sites excluding steroid dienone is 1. The fourth-order valence-corrected chi connectivity index (χ4v) is 1.91.